The molecule has 11 heteroatoms. The summed E-state index contributed by atoms with van der Waals surface area (Å²) in [6, 6.07) is 1.32. The molecule has 0 unspecified atom stereocenters. The first-order valence-corrected chi connectivity index (χ1v) is 7.34. The molecule has 0 aliphatic rings. The fourth-order valence-corrected chi connectivity index (χ4v) is 2.05. The first-order valence-electron chi connectivity index (χ1n) is 6.17. The molecule has 24 heavy (non-hydrogen) atoms. The van der Waals surface area contributed by atoms with Gasteiger partial charge in [0.15, 0.2) is 0 Å². The van der Waals surface area contributed by atoms with Gasteiger partial charge in [0, 0.05) is 12.7 Å². The molecule has 0 spiro atoms. The lowest BCUT2D eigenvalue weighted by molar-refractivity contribution is -0.143. The SMILES string of the molecule is FC(F)(F)c1cc(CNc2ncc(Br)c(Cl)n2)cc(C(F)(F)F)c1. The van der Waals surface area contributed by atoms with Crippen LogP contribution in [0.1, 0.15) is 16.7 Å². The number of rotatable bonds is 3. The molecule has 2 rings (SSSR count). The monoisotopic (exact) mass is 433 g/mol. The fraction of sp³-hybridized carbons (Fsp3) is 0.231. The van der Waals surface area contributed by atoms with E-state index in [-0.39, 0.29) is 29.3 Å². The van der Waals surface area contributed by atoms with Crippen molar-refractivity contribution < 1.29 is 26.3 Å². The highest BCUT2D eigenvalue weighted by molar-refractivity contribution is 9.10. The minimum absolute atomic E-state index is 0.0332. The van der Waals surface area contributed by atoms with Gasteiger partial charge < -0.3 is 5.32 Å². The molecule has 0 aliphatic carbocycles. The number of aromatic nitrogens is 2. The topological polar surface area (TPSA) is 37.8 Å². The van der Waals surface area contributed by atoms with E-state index in [1.807, 2.05) is 0 Å². The van der Waals surface area contributed by atoms with E-state index >= 15 is 0 Å². The maximum Gasteiger partial charge on any atom is 0.416 e. The van der Waals surface area contributed by atoms with E-state index in [1.54, 1.807) is 0 Å². The maximum absolute atomic E-state index is 12.8. The second-order valence-electron chi connectivity index (χ2n) is 4.60. The second-order valence-corrected chi connectivity index (χ2v) is 5.81. The summed E-state index contributed by atoms with van der Waals surface area (Å²) in [5.74, 6) is -0.0332. The molecule has 1 aromatic carbocycles. The minimum atomic E-state index is -4.90. The van der Waals surface area contributed by atoms with Crippen molar-refractivity contribution in [3.63, 3.8) is 0 Å². The third-order valence-corrected chi connectivity index (χ3v) is 3.90. The normalized spacial score (nSPS) is 12.3. The Morgan fingerprint density at radius 3 is 2.00 bits per heavy atom. The Labute approximate surface area is 145 Å². The van der Waals surface area contributed by atoms with Crippen molar-refractivity contribution in [3.05, 3.63) is 50.7 Å². The summed E-state index contributed by atoms with van der Waals surface area (Å²) < 4.78 is 77.0. The molecule has 1 aromatic heterocycles. The number of halogens is 8. The average Bonchev–Trinajstić information content (AvgIpc) is 2.46. The molecular weight excluding hydrogens is 428 g/mol. The Balaban J connectivity index is 2.30. The van der Waals surface area contributed by atoms with Crippen molar-refractivity contribution in [2.24, 2.45) is 0 Å². The zero-order chi connectivity index (χ0) is 18.1. The van der Waals surface area contributed by atoms with Gasteiger partial charge in [0.1, 0.15) is 5.15 Å². The summed E-state index contributed by atoms with van der Waals surface area (Å²) in [4.78, 5) is 7.58. The van der Waals surface area contributed by atoms with Crippen LogP contribution in [0.2, 0.25) is 5.15 Å². The lowest BCUT2D eigenvalue weighted by Gasteiger charge is -2.14. The summed E-state index contributed by atoms with van der Waals surface area (Å²) in [6.07, 6.45) is -8.49. The summed E-state index contributed by atoms with van der Waals surface area (Å²) in [6.45, 7) is -0.342. The lowest BCUT2D eigenvalue weighted by atomic mass is 10.0. The van der Waals surface area contributed by atoms with Crippen LogP contribution in [0, 0.1) is 0 Å². The quantitative estimate of drug-likeness (QED) is 0.509. The Morgan fingerprint density at radius 2 is 1.54 bits per heavy atom. The summed E-state index contributed by atoms with van der Waals surface area (Å²) in [5, 5.41) is 2.57. The Bertz CT molecular complexity index is 715. The predicted octanol–water partition coefficient (Wildman–Crippen LogP) is 5.54. The standard InChI is InChI=1S/C13H7BrClF6N3/c14-9-5-23-11(24-10(9)15)22-4-6-1-7(12(16,17)18)3-8(2-6)13(19,20)21/h1-3,5H,4H2,(H,22,23,24). The van der Waals surface area contributed by atoms with E-state index in [0.29, 0.717) is 16.6 Å². The van der Waals surface area contributed by atoms with E-state index in [1.165, 1.54) is 6.20 Å². The molecule has 0 bridgehead atoms. The molecule has 0 saturated carbocycles. The van der Waals surface area contributed by atoms with Crippen molar-refractivity contribution in [2.45, 2.75) is 18.9 Å². The Kier molecular flexibility index (Phi) is 5.28. The van der Waals surface area contributed by atoms with Gasteiger partial charge in [-0.1, -0.05) is 11.6 Å². The van der Waals surface area contributed by atoms with Crippen molar-refractivity contribution >= 4 is 33.5 Å². The molecule has 0 amide bonds. The van der Waals surface area contributed by atoms with E-state index in [0.717, 1.165) is 0 Å². The highest BCUT2D eigenvalue weighted by atomic mass is 79.9. The molecule has 0 saturated heterocycles. The van der Waals surface area contributed by atoms with Crippen LogP contribution in [0.3, 0.4) is 0 Å². The first-order chi connectivity index (χ1) is 11.0. The van der Waals surface area contributed by atoms with Crippen molar-refractivity contribution in [3.8, 4) is 0 Å². The fourth-order valence-electron chi connectivity index (χ4n) is 1.73. The highest BCUT2D eigenvalue weighted by Gasteiger charge is 2.36. The van der Waals surface area contributed by atoms with Gasteiger partial charge >= 0.3 is 12.4 Å². The molecule has 2 aromatic rings. The average molecular weight is 435 g/mol. The molecule has 1 heterocycles. The predicted molar refractivity (Wildman–Crippen MR) is 78.5 cm³/mol. The zero-order valence-corrected chi connectivity index (χ0v) is 13.8. The molecule has 0 atom stereocenters. The molecule has 1 N–H and O–H groups in total. The van der Waals surface area contributed by atoms with E-state index in [2.05, 4.69) is 31.2 Å². The zero-order valence-electron chi connectivity index (χ0n) is 11.4. The van der Waals surface area contributed by atoms with Gasteiger partial charge in [0.2, 0.25) is 5.95 Å². The molecular formula is C13H7BrClF6N3. The van der Waals surface area contributed by atoms with Crippen LogP contribution in [0.5, 0.6) is 0 Å². The maximum atomic E-state index is 12.8. The van der Waals surface area contributed by atoms with Gasteiger partial charge in [0.05, 0.1) is 15.6 Å². The number of nitrogens with one attached hydrogen (secondary N) is 1. The third-order valence-electron chi connectivity index (χ3n) is 2.80. The number of benzene rings is 1. The van der Waals surface area contributed by atoms with Crippen LogP contribution in [0.4, 0.5) is 32.3 Å². The van der Waals surface area contributed by atoms with E-state index in [9.17, 15) is 26.3 Å². The number of anilines is 1. The number of hydrogen-bond donors (Lipinski definition) is 1. The number of hydrogen-bond acceptors (Lipinski definition) is 3. The van der Waals surface area contributed by atoms with Gasteiger partial charge in [-0.05, 0) is 39.7 Å². The Morgan fingerprint density at radius 1 is 1.00 bits per heavy atom. The van der Waals surface area contributed by atoms with E-state index < -0.39 is 23.5 Å². The summed E-state index contributed by atoms with van der Waals surface area (Å²) in [5.41, 5.74) is -2.99. The van der Waals surface area contributed by atoms with Gasteiger partial charge in [0.25, 0.3) is 0 Å². The van der Waals surface area contributed by atoms with Crippen LogP contribution in [0.15, 0.2) is 28.9 Å². The van der Waals surface area contributed by atoms with Gasteiger partial charge in [-0.15, -0.1) is 0 Å². The van der Waals surface area contributed by atoms with Crippen LogP contribution >= 0.6 is 27.5 Å². The molecule has 130 valence electrons. The Hall–Kier alpha value is -1.55. The smallest absolute Gasteiger partial charge is 0.350 e. The summed E-state index contributed by atoms with van der Waals surface area (Å²) in [7, 11) is 0. The van der Waals surface area contributed by atoms with Crippen LogP contribution in [-0.2, 0) is 18.9 Å². The minimum Gasteiger partial charge on any atom is -0.350 e. The van der Waals surface area contributed by atoms with Crippen molar-refractivity contribution in [1.82, 2.24) is 9.97 Å². The first kappa shape index (κ1) is 18.8. The summed E-state index contributed by atoms with van der Waals surface area (Å²) >= 11 is 8.78. The van der Waals surface area contributed by atoms with Crippen LogP contribution in [-0.4, -0.2) is 9.97 Å². The number of alkyl halides is 6. The van der Waals surface area contributed by atoms with Crippen molar-refractivity contribution in [2.75, 3.05) is 5.32 Å². The van der Waals surface area contributed by atoms with Crippen molar-refractivity contribution in [1.29, 1.82) is 0 Å². The van der Waals surface area contributed by atoms with E-state index in [4.69, 9.17) is 11.6 Å². The van der Waals surface area contributed by atoms with Gasteiger partial charge in [-0.3, -0.25) is 0 Å². The molecule has 0 radical (unpaired) electrons. The molecule has 0 fully saturated rings. The second kappa shape index (κ2) is 6.75. The highest BCUT2D eigenvalue weighted by Crippen LogP contribution is 2.36. The van der Waals surface area contributed by atoms with Gasteiger partial charge in [-0.2, -0.15) is 31.3 Å². The third kappa shape index (κ3) is 4.73. The largest absolute Gasteiger partial charge is 0.416 e. The number of nitrogens with zero attached hydrogens (tertiary/aromatic N) is 2. The van der Waals surface area contributed by atoms with Crippen LogP contribution < -0.4 is 5.32 Å². The lowest BCUT2D eigenvalue weighted by Crippen LogP contribution is -2.13. The molecule has 3 nitrogen and oxygen atoms in total. The molecule has 0 aliphatic heterocycles. The van der Waals surface area contributed by atoms with Gasteiger partial charge in [-0.25, -0.2) is 4.98 Å². The van der Waals surface area contributed by atoms with Crippen LogP contribution in [0.25, 0.3) is 0 Å².